The van der Waals surface area contributed by atoms with E-state index < -0.39 is 5.91 Å². The Bertz CT molecular complexity index is 1150. The average molecular weight is 418 g/mol. The lowest BCUT2D eigenvalue weighted by Gasteiger charge is -2.07. The van der Waals surface area contributed by atoms with Gasteiger partial charge in [-0.15, -0.1) is 11.3 Å². The third-order valence-corrected chi connectivity index (χ3v) is 5.87. The van der Waals surface area contributed by atoms with Crippen LogP contribution in [0.25, 0.3) is 27.6 Å². The number of carbonyl (C=O) groups is 1. The molecule has 0 saturated heterocycles. The Hall–Kier alpha value is -3.19. The molecule has 0 fully saturated rings. The van der Waals surface area contributed by atoms with Crippen molar-refractivity contribution in [3.63, 3.8) is 0 Å². The van der Waals surface area contributed by atoms with Crippen LogP contribution in [0.2, 0.25) is 0 Å². The van der Waals surface area contributed by atoms with Crippen molar-refractivity contribution in [1.82, 2.24) is 15.8 Å². The number of fused-ring (bicyclic) bond motifs is 1. The van der Waals surface area contributed by atoms with Gasteiger partial charge in [-0.05, 0) is 53.2 Å². The first kappa shape index (κ1) is 20.1. The second kappa shape index (κ2) is 9.54. The number of benzene rings is 2. The quantitative estimate of drug-likeness (QED) is 0.145. The minimum absolute atomic E-state index is 0.542. The number of aromatic amines is 1. The van der Waals surface area contributed by atoms with Crippen LogP contribution >= 0.6 is 11.3 Å². The Morgan fingerprint density at radius 2 is 1.90 bits per heavy atom. The third-order valence-electron chi connectivity index (χ3n) is 4.98. The molecule has 0 aliphatic heterocycles. The molecule has 0 bridgehead atoms. The lowest BCUT2D eigenvalue weighted by atomic mass is 10.1. The Morgan fingerprint density at radius 3 is 2.67 bits per heavy atom. The first-order chi connectivity index (χ1) is 14.7. The van der Waals surface area contributed by atoms with Gasteiger partial charge < -0.3 is 10.3 Å². The van der Waals surface area contributed by atoms with Gasteiger partial charge in [0, 0.05) is 23.5 Å². The maximum Gasteiger partial charge on any atom is 0.267 e. The molecule has 0 aliphatic rings. The fourth-order valence-corrected chi connectivity index (χ4v) is 4.25. The molecule has 1 amide bonds. The van der Waals surface area contributed by atoms with Gasteiger partial charge >= 0.3 is 0 Å². The van der Waals surface area contributed by atoms with Crippen LogP contribution in [0.1, 0.15) is 16.7 Å². The number of H-pyrrole nitrogens is 1. The van der Waals surface area contributed by atoms with Crippen molar-refractivity contribution in [2.75, 3.05) is 6.54 Å². The normalized spacial score (nSPS) is 11.4. The van der Waals surface area contributed by atoms with E-state index in [1.165, 1.54) is 38.7 Å². The molecule has 4 N–H and O–H groups in total. The van der Waals surface area contributed by atoms with Crippen LogP contribution in [0.3, 0.4) is 0 Å². The molecule has 0 atom stereocenters. The highest BCUT2D eigenvalue weighted by Gasteiger charge is 2.13. The number of carbonyl (C=O) groups excluding carboxylic acids is 1. The van der Waals surface area contributed by atoms with E-state index in [0.29, 0.717) is 0 Å². The van der Waals surface area contributed by atoms with Crippen molar-refractivity contribution in [3.05, 3.63) is 88.8 Å². The van der Waals surface area contributed by atoms with E-state index in [1.807, 2.05) is 24.3 Å². The molecule has 6 heteroatoms. The fraction of sp³-hybridized carbons (Fsp3) is 0.125. The maximum absolute atomic E-state index is 11.0. The number of aromatic nitrogens is 1. The molecule has 5 nitrogen and oxygen atoms in total. The highest BCUT2D eigenvalue weighted by Crippen LogP contribution is 2.33. The van der Waals surface area contributed by atoms with Gasteiger partial charge in [-0.2, -0.15) is 0 Å². The summed E-state index contributed by atoms with van der Waals surface area (Å²) in [6, 6.07) is 20.7. The first-order valence-corrected chi connectivity index (χ1v) is 10.7. The minimum Gasteiger partial charge on any atom is -0.354 e. The van der Waals surface area contributed by atoms with Crippen LogP contribution in [-0.4, -0.2) is 22.6 Å². The van der Waals surface area contributed by atoms with Gasteiger partial charge in [0.25, 0.3) is 5.91 Å². The van der Waals surface area contributed by atoms with Gasteiger partial charge in [0.15, 0.2) is 0 Å². The van der Waals surface area contributed by atoms with E-state index in [4.69, 9.17) is 5.21 Å². The summed E-state index contributed by atoms with van der Waals surface area (Å²) < 4.78 is 0. The zero-order valence-corrected chi connectivity index (χ0v) is 17.2. The molecule has 0 aliphatic carbocycles. The second-order valence-corrected chi connectivity index (χ2v) is 7.93. The van der Waals surface area contributed by atoms with Crippen LogP contribution < -0.4 is 10.8 Å². The van der Waals surface area contributed by atoms with Crippen LogP contribution in [0.4, 0.5) is 0 Å². The summed E-state index contributed by atoms with van der Waals surface area (Å²) in [4.78, 5) is 15.9. The van der Waals surface area contributed by atoms with Crippen LogP contribution in [0.15, 0.2) is 72.1 Å². The molecule has 2 aromatic heterocycles. The van der Waals surface area contributed by atoms with Gasteiger partial charge in [0.1, 0.15) is 0 Å². The van der Waals surface area contributed by atoms with Crippen LogP contribution in [-0.2, 0) is 17.8 Å². The van der Waals surface area contributed by atoms with Crippen molar-refractivity contribution < 1.29 is 10.0 Å². The minimum atomic E-state index is -0.542. The van der Waals surface area contributed by atoms with Gasteiger partial charge in [0.05, 0.1) is 10.6 Å². The standard InChI is InChI=1S/C24H23N3O2S/c28-23(27-29)12-11-17-7-9-18(10-8-17)16-25-14-13-20-19-4-1-2-5-21(19)26-24(20)22-6-3-15-30-22/h1-12,15,25-26,29H,13-14,16H2,(H,27,28)/b12-11+. The summed E-state index contributed by atoms with van der Waals surface area (Å²) in [6.07, 6.45) is 3.89. The van der Waals surface area contributed by atoms with Gasteiger partial charge in [-0.3, -0.25) is 10.0 Å². The van der Waals surface area contributed by atoms with E-state index in [2.05, 4.69) is 52.1 Å². The van der Waals surface area contributed by atoms with Gasteiger partial charge in [0.2, 0.25) is 0 Å². The first-order valence-electron chi connectivity index (χ1n) is 9.80. The van der Waals surface area contributed by atoms with Crippen molar-refractivity contribution >= 4 is 34.2 Å². The molecule has 0 radical (unpaired) electrons. The maximum atomic E-state index is 11.0. The predicted molar refractivity (Wildman–Crippen MR) is 122 cm³/mol. The molecular formula is C24H23N3O2S. The topological polar surface area (TPSA) is 77.2 Å². The number of thiophene rings is 1. The zero-order chi connectivity index (χ0) is 20.8. The molecule has 2 heterocycles. The Labute approximate surface area is 179 Å². The van der Waals surface area contributed by atoms with Gasteiger partial charge in [-0.1, -0.05) is 48.5 Å². The summed E-state index contributed by atoms with van der Waals surface area (Å²) in [7, 11) is 0. The lowest BCUT2D eigenvalue weighted by Crippen LogP contribution is -2.16. The molecule has 0 unspecified atom stereocenters. The molecule has 0 spiro atoms. The third kappa shape index (κ3) is 4.68. The Morgan fingerprint density at radius 1 is 1.07 bits per heavy atom. The Balaban J connectivity index is 1.38. The number of para-hydroxylation sites is 1. The largest absolute Gasteiger partial charge is 0.354 e. The molecular weight excluding hydrogens is 394 g/mol. The number of amides is 1. The van der Waals surface area contributed by atoms with Crippen LogP contribution in [0.5, 0.6) is 0 Å². The van der Waals surface area contributed by atoms with Crippen molar-refractivity contribution in [2.24, 2.45) is 0 Å². The van der Waals surface area contributed by atoms with Crippen molar-refractivity contribution in [1.29, 1.82) is 0 Å². The Kier molecular flexibility index (Phi) is 6.39. The molecule has 0 saturated carbocycles. The highest BCUT2D eigenvalue weighted by molar-refractivity contribution is 7.13. The summed E-state index contributed by atoms with van der Waals surface area (Å²) >= 11 is 1.75. The molecule has 4 rings (SSSR count). The molecule has 30 heavy (non-hydrogen) atoms. The number of nitrogens with one attached hydrogen (secondary N) is 3. The average Bonchev–Trinajstić information content (AvgIpc) is 3.44. The number of hydrogen-bond acceptors (Lipinski definition) is 4. The van der Waals surface area contributed by atoms with Crippen molar-refractivity contribution in [3.8, 4) is 10.6 Å². The van der Waals surface area contributed by atoms with E-state index >= 15 is 0 Å². The summed E-state index contributed by atoms with van der Waals surface area (Å²) in [5.41, 5.74) is 7.40. The number of hydrogen-bond donors (Lipinski definition) is 4. The van der Waals surface area contributed by atoms with Crippen LogP contribution in [0, 0.1) is 0 Å². The summed E-state index contributed by atoms with van der Waals surface area (Å²) in [5, 5.41) is 15.4. The second-order valence-electron chi connectivity index (χ2n) is 6.98. The fourth-order valence-electron chi connectivity index (χ4n) is 3.49. The molecule has 4 aromatic rings. The van der Waals surface area contributed by atoms with E-state index in [9.17, 15) is 4.79 Å². The summed E-state index contributed by atoms with van der Waals surface area (Å²) in [6.45, 7) is 1.65. The number of hydroxylamine groups is 1. The highest BCUT2D eigenvalue weighted by atomic mass is 32.1. The summed E-state index contributed by atoms with van der Waals surface area (Å²) in [5.74, 6) is -0.542. The van der Waals surface area contributed by atoms with Crippen molar-refractivity contribution in [2.45, 2.75) is 13.0 Å². The molecule has 152 valence electrons. The SMILES string of the molecule is O=C(/C=C/c1ccc(CNCCc2c(-c3cccs3)[nH]c3ccccc23)cc1)NO. The zero-order valence-electron chi connectivity index (χ0n) is 16.4. The smallest absolute Gasteiger partial charge is 0.267 e. The predicted octanol–water partition coefficient (Wildman–Crippen LogP) is 4.75. The van der Waals surface area contributed by atoms with E-state index in [0.717, 1.165) is 25.1 Å². The lowest BCUT2D eigenvalue weighted by molar-refractivity contribution is -0.124. The van der Waals surface area contributed by atoms with E-state index in [1.54, 1.807) is 22.9 Å². The van der Waals surface area contributed by atoms with Gasteiger partial charge in [-0.25, -0.2) is 5.48 Å². The molecule has 2 aromatic carbocycles. The number of rotatable bonds is 8. The van der Waals surface area contributed by atoms with E-state index in [-0.39, 0.29) is 0 Å². The monoisotopic (exact) mass is 417 g/mol.